The largest absolute Gasteiger partial charge is 0.390 e. The van der Waals surface area contributed by atoms with Gasteiger partial charge in [0.1, 0.15) is 5.82 Å². The van der Waals surface area contributed by atoms with Crippen molar-refractivity contribution in [2.45, 2.75) is 12.6 Å². The highest BCUT2D eigenvalue weighted by Crippen LogP contribution is 2.11. The predicted molar refractivity (Wildman–Crippen MR) is 85.8 cm³/mol. The number of carbonyl (C=O) groups is 1. The van der Waals surface area contributed by atoms with Gasteiger partial charge < -0.3 is 20.6 Å². The Morgan fingerprint density at radius 3 is 2.83 bits per heavy atom. The first kappa shape index (κ1) is 16.9. The molecule has 0 spiro atoms. The number of hydrogen-bond donors (Lipinski definition) is 3. The summed E-state index contributed by atoms with van der Waals surface area (Å²) in [4.78, 5) is 13.7. The molecule has 0 aliphatic carbocycles. The summed E-state index contributed by atoms with van der Waals surface area (Å²) in [6, 6.07) is 5.12. The average Bonchev–Trinajstić information content (AvgIpc) is 2.84. The fourth-order valence-corrected chi connectivity index (χ4v) is 2.08. The van der Waals surface area contributed by atoms with Gasteiger partial charge in [-0.05, 0) is 32.3 Å². The van der Waals surface area contributed by atoms with Crippen molar-refractivity contribution in [3.63, 3.8) is 0 Å². The fourth-order valence-electron chi connectivity index (χ4n) is 2.08. The molecule has 3 N–H and O–H groups in total. The number of nitrogens with one attached hydrogen (secondary N) is 2. The van der Waals surface area contributed by atoms with Crippen molar-refractivity contribution in [3.8, 4) is 0 Å². The lowest BCUT2D eigenvalue weighted by Gasteiger charge is -2.15. The molecule has 2 aromatic rings. The van der Waals surface area contributed by atoms with E-state index in [0.29, 0.717) is 24.5 Å². The topological polar surface area (TPSA) is 82.4 Å². The molecule has 1 aromatic heterocycles. The van der Waals surface area contributed by atoms with Crippen LogP contribution in [0.2, 0.25) is 0 Å². The van der Waals surface area contributed by atoms with E-state index >= 15 is 0 Å². The van der Waals surface area contributed by atoms with Crippen LogP contribution in [0, 0.1) is 5.82 Å². The molecule has 1 heterocycles. The molecule has 7 nitrogen and oxygen atoms in total. The number of aromatic nitrogens is 2. The van der Waals surface area contributed by atoms with Crippen molar-refractivity contribution in [1.82, 2.24) is 14.7 Å². The summed E-state index contributed by atoms with van der Waals surface area (Å²) in [6.07, 6.45) is 2.54. The average molecular weight is 321 g/mol. The van der Waals surface area contributed by atoms with Crippen LogP contribution in [0.5, 0.6) is 0 Å². The second kappa shape index (κ2) is 7.70. The zero-order chi connectivity index (χ0) is 16.8. The molecular formula is C15H20FN5O2. The molecule has 1 unspecified atom stereocenters. The maximum atomic E-state index is 13.0. The Labute approximate surface area is 133 Å². The number of urea groups is 1. The smallest absolute Gasteiger partial charge is 0.323 e. The van der Waals surface area contributed by atoms with Crippen LogP contribution in [0.4, 0.5) is 20.6 Å². The van der Waals surface area contributed by atoms with Crippen LogP contribution < -0.4 is 10.6 Å². The van der Waals surface area contributed by atoms with Crippen molar-refractivity contribution < 1.29 is 14.3 Å². The number of aliphatic hydroxyl groups excluding tert-OH is 1. The van der Waals surface area contributed by atoms with E-state index in [4.69, 9.17) is 0 Å². The third kappa shape index (κ3) is 5.68. The van der Waals surface area contributed by atoms with E-state index in [0.717, 1.165) is 0 Å². The highest BCUT2D eigenvalue weighted by Gasteiger charge is 2.09. The molecule has 1 aromatic carbocycles. The molecule has 0 aliphatic heterocycles. The summed E-state index contributed by atoms with van der Waals surface area (Å²) in [5.74, 6) is -0.425. The van der Waals surface area contributed by atoms with Crippen LogP contribution in [0.1, 0.15) is 0 Å². The van der Waals surface area contributed by atoms with Gasteiger partial charge in [0.15, 0.2) is 0 Å². The van der Waals surface area contributed by atoms with E-state index in [1.165, 1.54) is 24.4 Å². The molecule has 0 fully saturated rings. The van der Waals surface area contributed by atoms with Gasteiger partial charge in [-0.25, -0.2) is 9.18 Å². The standard InChI is InChI=1S/C15H20FN5O2/c1-20(2)9-14(22)10-21-8-13(7-17-21)19-15(23)18-12-5-3-4-11(16)6-12/h3-8,14,22H,9-10H2,1-2H3,(H2,18,19,23). The molecule has 0 aliphatic rings. The maximum Gasteiger partial charge on any atom is 0.323 e. The lowest BCUT2D eigenvalue weighted by atomic mass is 10.3. The van der Waals surface area contributed by atoms with Crippen molar-refractivity contribution in [3.05, 3.63) is 42.5 Å². The third-order valence-corrected chi connectivity index (χ3v) is 2.95. The first-order chi connectivity index (χ1) is 10.9. The lowest BCUT2D eigenvalue weighted by molar-refractivity contribution is 0.116. The number of hydrogen-bond acceptors (Lipinski definition) is 4. The number of aliphatic hydroxyl groups is 1. The third-order valence-electron chi connectivity index (χ3n) is 2.95. The first-order valence-electron chi connectivity index (χ1n) is 7.11. The zero-order valence-corrected chi connectivity index (χ0v) is 13.0. The van der Waals surface area contributed by atoms with Gasteiger partial charge in [0.05, 0.1) is 24.5 Å². The SMILES string of the molecule is CN(C)CC(O)Cn1cc(NC(=O)Nc2cccc(F)c2)cn1. The van der Waals surface area contributed by atoms with Gasteiger partial charge in [-0.2, -0.15) is 5.10 Å². The second-order valence-corrected chi connectivity index (χ2v) is 5.46. The normalized spacial score (nSPS) is 12.2. The van der Waals surface area contributed by atoms with Crippen molar-refractivity contribution in [1.29, 1.82) is 0 Å². The van der Waals surface area contributed by atoms with E-state index in [1.54, 1.807) is 16.9 Å². The summed E-state index contributed by atoms with van der Waals surface area (Å²) in [5, 5.41) is 19.0. The van der Waals surface area contributed by atoms with Crippen LogP contribution in [0.25, 0.3) is 0 Å². The highest BCUT2D eigenvalue weighted by molar-refractivity contribution is 5.99. The van der Waals surface area contributed by atoms with Crippen LogP contribution in [0.3, 0.4) is 0 Å². The summed E-state index contributed by atoms with van der Waals surface area (Å²) in [6.45, 7) is 0.841. The molecule has 2 amide bonds. The number of halogens is 1. The monoisotopic (exact) mass is 321 g/mol. The number of nitrogens with zero attached hydrogens (tertiary/aromatic N) is 3. The summed E-state index contributed by atoms with van der Waals surface area (Å²) >= 11 is 0. The molecule has 1 atom stereocenters. The minimum atomic E-state index is -0.557. The Morgan fingerprint density at radius 2 is 2.13 bits per heavy atom. The Bertz CT molecular complexity index is 659. The van der Waals surface area contributed by atoms with E-state index in [2.05, 4.69) is 15.7 Å². The van der Waals surface area contributed by atoms with E-state index < -0.39 is 18.0 Å². The van der Waals surface area contributed by atoms with Gasteiger partial charge in [-0.15, -0.1) is 0 Å². The molecule has 8 heteroatoms. The number of likely N-dealkylation sites (N-methyl/N-ethyl adjacent to an activating group) is 1. The number of carbonyl (C=O) groups excluding carboxylic acids is 1. The highest BCUT2D eigenvalue weighted by atomic mass is 19.1. The minimum absolute atomic E-state index is 0.325. The van der Waals surface area contributed by atoms with E-state index in [1.807, 2.05) is 19.0 Å². The molecule has 2 rings (SSSR count). The summed E-state index contributed by atoms with van der Waals surface area (Å²) < 4.78 is 14.6. The molecule has 124 valence electrons. The number of amides is 2. The van der Waals surface area contributed by atoms with Gasteiger partial charge in [-0.1, -0.05) is 6.07 Å². The van der Waals surface area contributed by atoms with Gasteiger partial charge in [0.25, 0.3) is 0 Å². The van der Waals surface area contributed by atoms with Crippen molar-refractivity contribution in [2.75, 3.05) is 31.3 Å². The molecule has 0 bridgehead atoms. The van der Waals surface area contributed by atoms with Gasteiger partial charge in [-0.3, -0.25) is 4.68 Å². The Hall–Kier alpha value is -2.45. The summed E-state index contributed by atoms with van der Waals surface area (Å²) in [5.41, 5.74) is 0.840. The quantitative estimate of drug-likeness (QED) is 0.754. The van der Waals surface area contributed by atoms with Crippen LogP contribution in [-0.2, 0) is 6.54 Å². The van der Waals surface area contributed by atoms with E-state index in [-0.39, 0.29) is 0 Å². The second-order valence-electron chi connectivity index (χ2n) is 5.46. The number of benzene rings is 1. The van der Waals surface area contributed by atoms with Crippen LogP contribution >= 0.6 is 0 Å². The molecule has 0 saturated carbocycles. The molecule has 23 heavy (non-hydrogen) atoms. The van der Waals surface area contributed by atoms with Crippen LogP contribution in [0.15, 0.2) is 36.7 Å². The minimum Gasteiger partial charge on any atom is -0.390 e. The zero-order valence-electron chi connectivity index (χ0n) is 13.0. The predicted octanol–water partition coefficient (Wildman–Crippen LogP) is 1.59. The number of rotatable bonds is 6. The van der Waals surface area contributed by atoms with Crippen LogP contribution in [-0.4, -0.2) is 52.6 Å². The number of anilines is 2. The first-order valence-corrected chi connectivity index (χ1v) is 7.11. The van der Waals surface area contributed by atoms with Gasteiger partial charge in [0, 0.05) is 18.4 Å². The Balaban J connectivity index is 1.87. The van der Waals surface area contributed by atoms with E-state index in [9.17, 15) is 14.3 Å². The molecule has 0 radical (unpaired) electrons. The van der Waals surface area contributed by atoms with Crippen molar-refractivity contribution >= 4 is 17.4 Å². The summed E-state index contributed by atoms with van der Waals surface area (Å²) in [7, 11) is 3.74. The van der Waals surface area contributed by atoms with Gasteiger partial charge >= 0.3 is 6.03 Å². The Kier molecular flexibility index (Phi) is 5.67. The molecular weight excluding hydrogens is 301 g/mol. The molecule has 0 saturated heterocycles. The fraction of sp³-hybridized carbons (Fsp3) is 0.333. The van der Waals surface area contributed by atoms with Crippen molar-refractivity contribution in [2.24, 2.45) is 0 Å². The Morgan fingerprint density at radius 1 is 1.39 bits per heavy atom. The van der Waals surface area contributed by atoms with Gasteiger partial charge in [0.2, 0.25) is 0 Å². The lowest BCUT2D eigenvalue weighted by Crippen LogP contribution is -2.29. The maximum absolute atomic E-state index is 13.0.